The monoisotopic (exact) mass is 240 g/mol. The molecule has 2 fully saturated rings. The van der Waals surface area contributed by atoms with Crippen molar-refractivity contribution in [3.05, 3.63) is 0 Å². The number of carbonyl (C=O) groups excluding carboxylic acids is 2. The van der Waals surface area contributed by atoms with Gasteiger partial charge in [0.05, 0.1) is 12.1 Å². The Balaban J connectivity index is 2.01. The maximum absolute atomic E-state index is 11.7. The number of rotatable bonds is 2. The van der Waals surface area contributed by atoms with Crippen LogP contribution in [0, 0.1) is 5.92 Å². The minimum atomic E-state index is -0.872. The molecule has 2 aliphatic rings. The quantitative estimate of drug-likeness (QED) is 0.727. The first-order chi connectivity index (χ1) is 7.91. The number of hydrogen-bond acceptors (Lipinski definition) is 3. The number of hydrogen-bond donors (Lipinski definition) is 1. The molecular weight excluding hydrogens is 220 g/mol. The van der Waals surface area contributed by atoms with E-state index in [-0.39, 0.29) is 25.0 Å². The number of likely N-dealkylation sites (N-methyl/N-ethyl adjacent to an activating group) is 1. The maximum Gasteiger partial charge on any atom is 0.327 e. The van der Waals surface area contributed by atoms with Crippen molar-refractivity contribution in [2.75, 3.05) is 20.1 Å². The third kappa shape index (κ3) is 2.44. The molecule has 0 bridgehead atoms. The average molecular weight is 240 g/mol. The van der Waals surface area contributed by atoms with Crippen LogP contribution in [0.4, 0.5) is 4.79 Å². The molecule has 0 radical (unpaired) electrons. The standard InChI is InChI=1S/C12H20N2O3/c1-9-3-5-12(17,6-4-9)8-14-10(15)7-13(2)11(14)16/h9,17H,3-8H2,1-2H3. The van der Waals surface area contributed by atoms with Crippen LogP contribution >= 0.6 is 0 Å². The van der Waals surface area contributed by atoms with Gasteiger partial charge in [-0.3, -0.25) is 9.69 Å². The SMILES string of the molecule is CC1CCC(O)(CN2C(=O)CN(C)C2=O)CC1. The fraction of sp³-hybridized carbons (Fsp3) is 0.833. The van der Waals surface area contributed by atoms with Crippen molar-refractivity contribution >= 4 is 11.9 Å². The molecule has 0 atom stereocenters. The Morgan fingerprint density at radius 2 is 1.94 bits per heavy atom. The molecule has 0 aromatic heterocycles. The van der Waals surface area contributed by atoms with Gasteiger partial charge in [-0.05, 0) is 31.6 Å². The van der Waals surface area contributed by atoms with E-state index < -0.39 is 5.60 Å². The summed E-state index contributed by atoms with van der Waals surface area (Å²) < 4.78 is 0. The number of β-amino-alcohol motifs (C(OH)–C–C–N with tert-alkyl or cyclic N) is 1. The van der Waals surface area contributed by atoms with E-state index in [1.165, 1.54) is 9.80 Å². The van der Waals surface area contributed by atoms with Gasteiger partial charge in [0.2, 0.25) is 5.91 Å². The van der Waals surface area contributed by atoms with Crippen molar-refractivity contribution in [1.82, 2.24) is 9.80 Å². The Kier molecular flexibility index (Phi) is 3.12. The zero-order valence-corrected chi connectivity index (χ0v) is 10.5. The molecule has 1 aliphatic heterocycles. The molecular formula is C12H20N2O3. The number of urea groups is 1. The zero-order valence-electron chi connectivity index (χ0n) is 10.5. The Bertz CT molecular complexity index is 335. The lowest BCUT2D eigenvalue weighted by atomic mass is 9.79. The highest BCUT2D eigenvalue weighted by Crippen LogP contribution is 2.33. The second kappa shape index (κ2) is 4.29. The Hall–Kier alpha value is -1.10. The molecule has 0 aromatic rings. The van der Waals surface area contributed by atoms with Crippen LogP contribution in [0.1, 0.15) is 32.6 Å². The van der Waals surface area contributed by atoms with Gasteiger partial charge in [0.1, 0.15) is 6.54 Å². The summed E-state index contributed by atoms with van der Waals surface area (Å²) in [6.07, 6.45) is 3.27. The summed E-state index contributed by atoms with van der Waals surface area (Å²) in [5, 5.41) is 10.4. The molecule has 1 saturated heterocycles. The predicted octanol–water partition coefficient (Wildman–Crippen LogP) is 0.822. The summed E-state index contributed by atoms with van der Waals surface area (Å²) in [5.74, 6) is 0.424. The summed E-state index contributed by atoms with van der Waals surface area (Å²) in [6, 6.07) is -0.290. The van der Waals surface area contributed by atoms with Crippen LogP contribution in [-0.2, 0) is 4.79 Å². The Morgan fingerprint density at radius 1 is 1.35 bits per heavy atom. The average Bonchev–Trinajstić information content (AvgIpc) is 2.50. The molecule has 0 unspecified atom stereocenters. The summed E-state index contributed by atoms with van der Waals surface area (Å²) in [5.41, 5.74) is -0.872. The summed E-state index contributed by atoms with van der Waals surface area (Å²) >= 11 is 0. The minimum absolute atomic E-state index is 0.130. The van der Waals surface area contributed by atoms with Gasteiger partial charge in [0.25, 0.3) is 0 Å². The lowest BCUT2D eigenvalue weighted by Crippen LogP contribution is -2.47. The van der Waals surface area contributed by atoms with Crippen LogP contribution in [0.3, 0.4) is 0 Å². The topological polar surface area (TPSA) is 60.9 Å². The van der Waals surface area contributed by atoms with Gasteiger partial charge >= 0.3 is 6.03 Å². The molecule has 3 amide bonds. The highest BCUT2D eigenvalue weighted by Gasteiger charge is 2.41. The van der Waals surface area contributed by atoms with E-state index in [2.05, 4.69) is 6.92 Å². The second-order valence-electron chi connectivity index (χ2n) is 5.53. The highest BCUT2D eigenvalue weighted by atomic mass is 16.3. The van der Waals surface area contributed by atoms with Crippen LogP contribution in [-0.4, -0.2) is 52.6 Å². The third-order valence-corrected chi connectivity index (χ3v) is 3.89. The number of imide groups is 1. The van der Waals surface area contributed by atoms with E-state index in [0.717, 1.165) is 12.8 Å². The van der Waals surface area contributed by atoms with Crippen LogP contribution in [0.2, 0.25) is 0 Å². The van der Waals surface area contributed by atoms with E-state index in [0.29, 0.717) is 18.8 Å². The van der Waals surface area contributed by atoms with Gasteiger partial charge in [-0.15, -0.1) is 0 Å². The predicted molar refractivity (Wildman–Crippen MR) is 62.3 cm³/mol. The van der Waals surface area contributed by atoms with Crippen molar-refractivity contribution in [1.29, 1.82) is 0 Å². The first-order valence-electron chi connectivity index (χ1n) is 6.19. The van der Waals surface area contributed by atoms with E-state index >= 15 is 0 Å². The number of nitrogens with zero attached hydrogens (tertiary/aromatic N) is 2. The van der Waals surface area contributed by atoms with Crippen molar-refractivity contribution in [2.24, 2.45) is 5.92 Å². The summed E-state index contributed by atoms with van der Waals surface area (Å²) in [6.45, 7) is 2.45. The smallest absolute Gasteiger partial charge is 0.327 e. The molecule has 0 spiro atoms. The second-order valence-corrected chi connectivity index (χ2v) is 5.53. The van der Waals surface area contributed by atoms with Crippen LogP contribution in [0.25, 0.3) is 0 Å². The largest absolute Gasteiger partial charge is 0.388 e. The lowest BCUT2D eigenvalue weighted by molar-refractivity contribution is -0.128. The molecule has 1 saturated carbocycles. The van der Waals surface area contributed by atoms with Gasteiger partial charge in [-0.2, -0.15) is 0 Å². The Labute approximate surface area is 101 Å². The lowest BCUT2D eigenvalue weighted by Gasteiger charge is -2.36. The van der Waals surface area contributed by atoms with Crippen molar-refractivity contribution < 1.29 is 14.7 Å². The molecule has 17 heavy (non-hydrogen) atoms. The van der Waals surface area contributed by atoms with Gasteiger partial charge in [0.15, 0.2) is 0 Å². The molecule has 5 heteroatoms. The first-order valence-corrected chi connectivity index (χ1v) is 6.19. The van der Waals surface area contributed by atoms with Crippen molar-refractivity contribution in [3.8, 4) is 0 Å². The van der Waals surface area contributed by atoms with Crippen LogP contribution in [0.15, 0.2) is 0 Å². The maximum atomic E-state index is 11.7. The molecule has 5 nitrogen and oxygen atoms in total. The minimum Gasteiger partial charge on any atom is -0.388 e. The molecule has 96 valence electrons. The van der Waals surface area contributed by atoms with Gasteiger partial charge in [-0.25, -0.2) is 4.79 Å². The van der Waals surface area contributed by atoms with E-state index in [1.54, 1.807) is 7.05 Å². The van der Waals surface area contributed by atoms with Crippen molar-refractivity contribution in [3.63, 3.8) is 0 Å². The molecule has 0 aromatic carbocycles. The summed E-state index contributed by atoms with van der Waals surface area (Å²) in [4.78, 5) is 25.9. The summed E-state index contributed by atoms with van der Waals surface area (Å²) in [7, 11) is 1.60. The van der Waals surface area contributed by atoms with E-state index in [9.17, 15) is 14.7 Å². The van der Waals surface area contributed by atoms with E-state index in [1.807, 2.05) is 0 Å². The number of amides is 3. The molecule has 1 heterocycles. The third-order valence-electron chi connectivity index (χ3n) is 3.89. The van der Waals surface area contributed by atoms with Crippen molar-refractivity contribution in [2.45, 2.75) is 38.2 Å². The van der Waals surface area contributed by atoms with E-state index in [4.69, 9.17) is 0 Å². The van der Waals surface area contributed by atoms with Crippen LogP contribution < -0.4 is 0 Å². The fourth-order valence-electron chi connectivity index (χ4n) is 2.58. The van der Waals surface area contributed by atoms with Gasteiger partial charge in [-0.1, -0.05) is 6.92 Å². The highest BCUT2D eigenvalue weighted by molar-refractivity contribution is 6.01. The van der Waals surface area contributed by atoms with Gasteiger partial charge in [0, 0.05) is 7.05 Å². The van der Waals surface area contributed by atoms with Gasteiger partial charge < -0.3 is 10.0 Å². The molecule has 1 N–H and O–H groups in total. The number of aliphatic hydroxyl groups is 1. The first kappa shape index (κ1) is 12.4. The number of carbonyl (C=O) groups is 2. The van der Waals surface area contributed by atoms with Crippen LogP contribution in [0.5, 0.6) is 0 Å². The molecule has 1 aliphatic carbocycles. The normalized spacial score (nSPS) is 34.6. The molecule has 2 rings (SSSR count). The Morgan fingerprint density at radius 3 is 2.41 bits per heavy atom. The fourth-order valence-corrected chi connectivity index (χ4v) is 2.58. The zero-order chi connectivity index (χ0) is 12.6.